The van der Waals surface area contributed by atoms with Gasteiger partial charge in [-0.05, 0) is 24.2 Å². The summed E-state index contributed by atoms with van der Waals surface area (Å²) in [6, 6.07) is 0. The summed E-state index contributed by atoms with van der Waals surface area (Å²) in [4.78, 5) is 13.2. The molecule has 0 aliphatic carbocycles. The van der Waals surface area contributed by atoms with Gasteiger partial charge < -0.3 is 4.90 Å². The molecule has 0 aromatic rings. The van der Waals surface area contributed by atoms with Gasteiger partial charge in [-0.1, -0.05) is 0 Å². The van der Waals surface area contributed by atoms with E-state index in [-0.39, 0.29) is 5.91 Å². The van der Waals surface area contributed by atoms with Crippen LogP contribution in [0.15, 0.2) is 11.3 Å². The molecule has 12 heavy (non-hydrogen) atoms. The second-order valence-electron chi connectivity index (χ2n) is 3.34. The fraction of sp³-hybridized carbons (Fsp3) is 0.667. The minimum atomic E-state index is 0.280. The molecule has 2 aliphatic heterocycles. The van der Waals surface area contributed by atoms with E-state index in [0.29, 0.717) is 6.42 Å². The topological polar surface area (TPSA) is 20.3 Å². The van der Waals surface area contributed by atoms with Gasteiger partial charge in [0.15, 0.2) is 0 Å². The van der Waals surface area contributed by atoms with Gasteiger partial charge in [-0.3, -0.25) is 4.79 Å². The molecular formula is C9H13NOS. The van der Waals surface area contributed by atoms with Crippen molar-refractivity contribution in [2.24, 2.45) is 0 Å². The van der Waals surface area contributed by atoms with Crippen LogP contribution in [0.5, 0.6) is 0 Å². The maximum Gasteiger partial charge on any atom is 0.230 e. The summed E-state index contributed by atoms with van der Waals surface area (Å²) in [5.41, 5.74) is 2.69. The van der Waals surface area contributed by atoms with Crippen molar-refractivity contribution in [3.63, 3.8) is 0 Å². The SMILES string of the molecule is CN1C(=O)CC2=C1CCCSC2. The highest BCUT2D eigenvalue weighted by Crippen LogP contribution is 2.32. The molecule has 0 N–H and O–H groups in total. The molecule has 0 unspecified atom stereocenters. The summed E-state index contributed by atoms with van der Waals surface area (Å²) >= 11 is 1.96. The van der Waals surface area contributed by atoms with Crippen molar-refractivity contribution in [2.75, 3.05) is 18.6 Å². The van der Waals surface area contributed by atoms with E-state index in [1.165, 1.54) is 23.4 Å². The fourth-order valence-corrected chi connectivity index (χ4v) is 2.81. The van der Waals surface area contributed by atoms with E-state index in [2.05, 4.69) is 0 Å². The van der Waals surface area contributed by atoms with Crippen molar-refractivity contribution in [1.29, 1.82) is 0 Å². The first-order valence-electron chi connectivity index (χ1n) is 4.34. The van der Waals surface area contributed by atoms with Gasteiger partial charge in [0, 0.05) is 18.5 Å². The average molecular weight is 183 g/mol. The van der Waals surface area contributed by atoms with Gasteiger partial charge in [-0.2, -0.15) is 11.8 Å². The normalized spacial score (nSPS) is 24.4. The molecule has 2 aliphatic rings. The second kappa shape index (κ2) is 3.13. The van der Waals surface area contributed by atoms with E-state index in [1.54, 1.807) is 0 Å². The Balaban J connectivity index is 2.22. The predicted molar refractivity (Wildman–Crippen MR) is 51.0 cm³/mol. The smallest absolute Gasteiger partial charge is 0.230 e. The summed E-state index contributed by atoms with van der Waals surface area (Å²) in [6.45, 7) is 0. The summed E-state index contributed by atoms with van der Waals surface area (Å²) in [5.74, 6) is 2.60. The number of rotatable bonds is 0. The first kappa shape index (κ1) is 8.17. The van der Waals surface area contributed by atoms with Crippen molar-refractivity contribution in [2.45, 2.75) is 19.3 Å². The Kier molecular flexibility index (Phi) is 2.13. The molecule has 0 saturated carbocycles. The average Bonchev–Trinajstić information content (AvgIpc) is 2.30. The molecule has 0 spiro atoms. The molecule has 0 saturated heterocycles. The Morgan fingerprint density at radius 3 is 3.17 bits per heavy atom. The number of carbonyl (C=O) groups is 1. The molecular weight excluding hydrogens is 170 g/mol. The Morgan fingerprint density at radius 2 is 2.33 bits per heavy atom. The van der Waals surface area contributed by atoms with Crippen molar-refractivity contribution in [3.05, 3.63) is 11.3 Å². The predicted octanol–water partition coefficient (Wildman–Crippen LogP) is 1.63. The van der Waals surface area contributed by atoms with Gasteiger partial charge in [0.25, 0.3) is 0 Å². The Labute approximate surface area is 77.0 Å². The van der Waals surface area contributed by atoms with Crippen LogP contribution in [-0.4, -0.2) is 29.4 Å². The molecule has 0 atom stereocenters. The van der Waals surface area contributed by atoms with Crippen molar-refractivity contribution in [3.8, 4) is 0 Å². The van der Waals surface area contributed by atoms with Crippen LogP contribution < -0.4 is 0 Å². The molecule has 2 rings (SSSR count). The summed E-state index contributed by atoms with van der Waals surface area (Å²) in [7, 11) is 1.90. The highest BCUT2D eigenvalue weighted by molar-refractivity contribution is 7.99. The minimum Gasteiger partial charge on any atom is -0.319 e. The monoisotopic (exact) mass is 183 g/mol. The van der Waals surface area contributed by atoms with E-state index >= 15 is 0 Å². The Bertz CT molecular complexity index is 247. The van der Waals surface area contributed by atoms with E-state index < -0.39 is 0 Å². The number of thioether (sulfide) groups is 1. The van der Waals surface area contributed by atoms with Crippen LogP contribution in [0.25, 0.3) is 0 Å². The van der Waals surface area contributed by atoms with E-state index in [0.717, 1.165) is 12.2 Å². The highest BCUT2D eigenvalue weighted by Gasteiger charge is 2.27. The lowest BCUT2D eigenvalue weighted by Gasteiger charge is -2.13. The second-order valence-corrected chi connectivity index (χ2v) is 4.44. The third-order valence-electron chi connectivity index (χ3n) is 2.53. The summed E-state index contributed by atoms with van der Waals surface area (Å²) < 4.78 is 0. The third-order valence-corrected chi connectivity index (χ3v) is 3.66. The highest BCUT2D eigenvalue weighted by atomic mass is 32.2. The van der Waals surface area contributed by atoms with Crippen LogP contribution in [0.1, 0.15) is 19.3 Å². The van der Waals surface area contributed by atoms with E-state index in [4.69, 9.17) is 0 Å². The van der Waals surface area contributed by atoms with Crippen LogP contribution in [0.3, 0.4) is 0 Å². The zero-order valence-electron chi connectivity index (χ0n) is 7.30. The largest absolute Gasteiger partial charge is 0.319 e. The van der Waals surface area contributed by atoms with E-state index in [9.17, 15) is 4.79 Å². The molecule has 66 valence electrons. The van der Waals surface area contributed by atoms with Gasteiger partial charge in [0.2, 0.25) is 5.91 Å². The number of hydrogen-bond acceptors (Lipinski definition) is 2. The number of hydrogen-bond donors (Lipinski definition) is 0. The number of nitrogens with zero attached hydrogens (tertiary/aromatic N) is 1. The van der Waals surface area contributed by atoms with Gasteiger partial charge >= 0.3 is 0 Å². The Morgan fingerprint density at radius 1 is 1.50 bits per heavy atom. The lowest BCUT2D eigenvalue weighted by atomic mass is 10.1. The van der Waals surface area contributed by atoms with Crippen LogP contribution in [0.4, 0.5) is 0 Å². The zero-order chi connectivity index (χ0) is 8.55. The van der Waals surface area contributed by atoms with Crippen LogP contribution >= 0.6 is 11.8 Å². The quantitative estimate of drug-likeness (QED) is 0.569. The summed E-state index contributed by atoms with van der Waals surface area (Å²) in [6.07, 6.45) is 3.00. The molecule has 2 nitrogen and oxygen atoms in total. The molecule has 0 aromatic heterocycles. The Hall–Kier alpha value is -0.440. The number of amides is 1. The lowest BCUT2D eigenvalue weighted by Crippen LogP contribution is -2.19. The first-order chi connectivity index (χ1) is 5.79. The fourth-order valence-electron chi connectivity index (χ4n) is 1.81. The molecule has 0 fully saturated rings. The van der Waals surface area contributed by atoms with Gasteiger partial charge in [0.05, 0.1) is 6.42 Å². The molecule has 1 amide bonds. The van der Waals surface area contributed by atoms with Crippen LogP contribution in [-0.2, 0) is 4.79 Å². The number of carbonyl (C=O) groups excluding carboxylic acids is 1. The number of allylic oxidation sites excluding steroid dienone is 1. The van der Waals surface area contributed by atoms with Crippen molar-refractivity contribution >= 4 is 17.7 Å². The molecule has 2 heterocycles. The van der Waals surface area contributed by atoms with Gasteiger partial charge in [-0.15, -0.1) is 0 Å². The van der Waals surface area contributed by atoms with Crippen LogP contribution in [0, 0.1) is 0 Å². The van der Waals surface area contributed by atoms with Crippen molar-refractivity contribution in [1.82, 2.24) is 4.90 Å². The van der Waals surface area contributed by atoms with E-state index in [1.807, 2.05) is 23.7 Å². The zero-order valence-corrected chi connectivity index (χ0v) is 8.12. The maximum absolute atomic E-state index is 11.3. The third kappa shape index (κ3) is 1.26. The van der Waals surface area contributed by atoms with Gasteiger partial charge in [0.1, 0.15) is 0 Å². The molecule has 0 bridgehead atoms. The first-order valence-corrected chi connectivity index (χ1v) is 5.49. The molecule has 0 radical (unpaired) electrons. The lowest BCUT2D eigenvalue weighted by molar-refractivity contribution is -0.126. The van der Waals surface area contributed by atoms with Crippen LogP contribution in [0.2, 0.25) is 0 Å². The minimum absolute atomic E-state index is 0.280. The molecule has 3 heteroatoms. The standard InChI is InChI=1S/C9H13NOS/c1-10-8-3-2-4-12-6-7(8)5-9(10)11/h2-6H2,1H3. The molecule has 0 aromatic carbocycles. The summed E-state index contributed by atoms with van der Waals surface area (Å²) in [5, 5.41) is 0. The van der Waals surface area contributed by atoms with Crippen molar-refractivity contribution < 1.29 is 4.79 Å². The maximum atomic E-state index is 11.3. The van der Waals surface area contributed by atoms with Gasteiger partial charge in [-0.25, -0.2) is 0 Å².